The number of amidine groups is 1. The van der Waals surface area contributed by atoms with Crippen molar-refractivity contribution in [3.63, 3.8) is 0 Å². The Bertz CT molecular complexity index is 570. The number of rotatable bonds is 7. The molecule has 1 fully saturated rings. The van der Waals surface area contributed by atoms with Gasteiger partial charge in [-0.25, -0.2) is 0 Å². The highest BCUT2D eigenvalue weighted by atomic mass is 16.3. The second-order valence-corrected chi connectivity index (χ2v) is 6.73. The second kappa shape index (κ2) is 7.69. The maximum absolute atomic E-state index is 13.1. The molecule has 1 aromatic rings. The first-order valence-corrected chi connectivity index (χ1v) is 8.87. The van der Waals surface area contributed by atoms with Gasteiger partial charge in [-0.2, -0.15) is 0 Å². The molecule has 132 valence electrons. The van der Waals surface area contributed by atoms with Gasteiger partial charge in [0.05, 0.1) is 11.8 Å². The molecule has 1 aromatic heterocycles. The van der Waals surface area contributed by atoms with Crippen LogP contribution >= 0.6 is 0 Å². The van der Waals surface area contributed by atoms with Crippen molar-refractivity contribution in [3.8, 4) is 0 Å². The summed E-state index contributed by atoms with van der Waals surface area (Å²) in [6.45, 7) is 9.81. The summed E-state index contributed by atoms with van der Waals surface area (Å²) < 4.78 is 5.36. The lowest BCUT2D eigenvalue weighted by Gasteiger charge is -2.52. The predicted molar refractivity (Wildman–Crippen MR) is 96.7 cm³/mol. The molecule has 0 bridgehead atoms. The molecule has 0 radical (unpaired) electrons. The Labute approximate surface area is 144 Å². The zero-order valence-electron chi connectivity index (χ0n) is 15.3. The summed E-state index contributed by atoms with van der Waals surface area (Å²) in [5.41, 5.74) is -0.0737. The van der Waals surface area contributed by atoms with E-state index in [9.17, 15) is 4.79 Å². The highest BCUT2D eigenvalue weighted by Gasteiger charge is 2.45. The first-order valence-electron chi connectivity index (χ1n) is 8.87. The Morgan fingerprint density at radius 3 is 2.33 bits per heavy atom. The summed E-state index contributed by atoms with van der Waals surface area (Å²) in [7, 11) is 0. The van der Waals surface area contributed by atoms with Crippen LogP contribution in [0.15, 0.2) is 28.4 Å². The smallest absolute Gasteiger partial charge is 0.259 e. The van der Waals surface area contributed by atoms with Gasteiger partial charge in [0.2, 0.25) is 0 Å². The number of unbranched alkanes of at least 4 members (excludes halogenated alkanes) is 2. The van der Waals surface area contributed by atoms with E-state index in [-0.39, 0.29) is 5.91 Å². The van der Waals surface area contributed by atoms with E-state index >= 15 is 0 Å². The Morgan fingerprint density at radius 1 is 1.17 bits per heavy atom. The van der Waals surface area contributed by atoms with Crippen LogP contribution in [-0.2, 0) is 4.79 Å². The van der Waals surface area contributed by atoms with Crippen molar-refractivity contribution in [2.45, 2.75) is 59.0 Å². The fraction of sp³-hybridized carbons (Fsp3) is 0.579. The molecule has 0 spiro atoms. The second-order valence-electron chi connectivity index (χ2n) is 6.73. The largest absolute Gasteiger partial charge is 0.465 e. The fourth-order valence-electron chi connectivity index (χ4n) is 3.10. The molecule has 0 aliphatic carbocycles. The van der Waals surface area contributed by atoms with Crippen molar-refractivity contribution in [3.05, 3.63) is 29.7 Å². The van der Waals surface area contributed by atoms with Gasteiger partial charge >= 0.3 is 0 Å². The molecule has 1 aliphatic heterocycles. The molecular weight excluding hydrogens is 302 g/mol. The standard InChI is InChI=1S/C19H29N3O2/c1-5-7-11-21-17(20)16(14-15-10-9-13-24-15)18(23)22(12-8-6-2)19(21,3)4/h9-10,13-14,20H,5-8,11-12H2,1-4H3/b16-14+,20-17?. The number of carbonyl (C=O) groups is 1. The number of nitrogens with one attached hydrogen (secondary N) is 1. The minimum Gasteiger partial charge on any atom is -0.465 e. The van der Waals surface area contributed by atoms with E-state index in [1.165, 1.54) is 0 Å². The molecule has 1 amide bonds. The fourth-order valence-corrected chi connectivity index (χ4v) is 3.10. The van der Waals surface area contributed by atoms with E-state index in [0.29, 0.717) is 23.7 Å². The summed E-state index contributed by atoms with van der Waals surface area (Å²) in [4.78, 5) is 17.0. The topological polar surface area (TPSA) is 60.5 Å². The van der Waals surface area contributed by atoms with Gasteiger partial charge < -0.3 is 14.2 Å². The number of furan rings is 1. The summed E-state index contributed by atoms with van der Waals surface area (Å²) in [6, 6.07) is 3.59. The van der Waals surface area contributed by atoms with Gasteiger partial charge in [0.1, 0.15) is 17.3 Å². The van der Waals surface area contributed by atoms with Crippen molar-refractivity contribution >= 4 is 17.8 Å². The minimum absolute atomic E-state index is 0.0809. The van der Waals surface area contributed by atoms with Crippen molar-refractivity contribution < 1.29 is 9.21 Å². The van der Waals surface area contributed by atoms with Gasteiger partial charge in [0.25, 0.3) is 5.91 Å². The number of hydrogen-bond donors (Lipinski definition) is 1. The molecule has 0 unspecified atom stereocenters. The van der Waals surface area contributed by atoms with Crippen molar-refractivity contribution in [2.75, 3.05) is 13.1 Å². The molecule has 2 heterocycles. The average molecular weight is 331 g/mol. The van der Waals surface area contributed by atoms with Crippen LogP contribution in [0.4, 0.5) is 0 Å². The van der Waals surface area contributed by atoms with Crippen molar-refractivity contribution in [2.24, 2.45) is 0 Å². The molecule has 1 saturated heterocycles. The van der Waals surface area contributed by atoms with E-state index in [1.54, 1.807) is 24.5 Å². The van der Waals surface area contributed by atoms with Crippen molar-refractivity contribution in [1.29, 1.82) is 5.41 Å². The first kappa shape index (κ1) is 18.3. The molecule has 1 aliphatic rings. The molecule has 2 rings (SSSR count). The summed E-state index contributed by atoms with van der Waals surface area (Å²) in [6.07, 6.45) is 7.31. The monoisotopic (exact) mass is 331 g/mol. The summed E-state index contributed by atoms with van der Waals surface area (Å²) >= 11 is 0. The van der Waals surface area contributed by atoms with E-state index in [1.807, 2.05) is 23.6 Å². The zero-order chi connectivity index (χ0) is 17.7. The molecule has 0 aromatic carbocycles. The van der Waals surface area contributed by atoms with Gasteiger partial charge in [-0.3, -0.25) is 10.2 Å². The normalized spacial score (nSPS) is 19.4. The molecular formula is C19H29N3O2. The maximum atomic E-state index is 13.1. The van der Waals surface area contributed by atoms with E-state index in [4.69, 9.17) is 9.83 Å². The van der Waals surface area contributed by atoms with Crippen molar-refractivity contribution in [1.82, 2.24) is 9.80 Å². The average Bonchev–Trinajstić information content (AvgIpc) is 3.04. The Morgan fingerprint density at radius 2 is 1.79 bits per heavy atom. The molecule has 0 atom stereocenters. The third-order valence-electron chi connectivity index (χ3n) is 4.62. The maximum Gasteiger partial charge on any atom is 0.259 e. The summed E-state index contributed by atoms with van der Waals surface area (Å²) in [5, 5.41) is 8.61. The molecule has 1 N–H and O–H groups in total. The van der Waals surface area contributed by atoms with E-state index < -0.39 is 5.66 Å². The number of hydrogen-bond acceptors (Lipinski definition) is 3. The molecule has 0 saturated carbocycles. The van der Waals surface area contributed by atoms with Crippen LogP contribution in [0.5, 0.6) is 0 Å². The highest BCUT2D eigenvalue weighted by molar-refractivity contribution is 6.24. The number of amides is 1. The van der Waals surface area contributed by atoms with Gasteiger partial charge in [0, 0.05) is 13.1 Å². The van der Waals surface area contributed by atoms with Gasteiger partial charge in [-0.15, -0.1) is 0 Å². The first-order chi connectivity index (χ1) is 11.4. The van der Waals surface area contributed by atoms with Gasteiger partial charge in [-0.05, 0) is 44.9 Å². The SMILES string of the molecule is CCCCN1C(=N)/C(=C\c2ccco2)C(=O)N(CCCC)C1(C)C. The van der Waals surface area contributed by atoms with Crippen LogP contribution in [0.1, 0.15) is 59.1 Å². The Kier molecular flexibility index (Phi) is 5.86. The van der Waals surface area contributed by atoms with E-state index in [2.05, 4.69) is 13.8 Å². The number of carbonyl (C=O) groups excluding carboxylic acids is 1. The predicted octanol–water partition coefficient (Wildman–Crippen LogP) is 4.12. The third kappa shape index (κ3) is 3.55. The van der Waals surface area contributed by atoms with Crippen LogP contribution in [0.3, 0.4) is 0 Å². The third-order valence-corrected chi connectivity index (χ3v) is 4.62. The van der Waals surface area contributed by atoms with Crippen LogP contribution in [0.2, 0.25) is 0 Å². The van der Waals surface area contributed by atoms with Crippen LogP contribution in [0.25, 0.3) is 6.08 Å². The van der Waals surface area contributed by atoms with E-state index in [0.717, 1.165) is 32.2 Å². The zero-order valence-corrected chi connectivity index (χ0v) is 15.3. The summed E-state index contributed by atoms with van der Waals surface area (Å²) in [5.74, 6) is 0.818. The lowest BCUT2D eigenvalue weighted by molar-refractivity contribution is -0.139. The Balaban J connectivity index is 2.41. The molecule has 5 nitrogen and oxygen atoms in total. The number of nitrogens with zero attached hydrogens (tertiary/aromatic N) is 2. The van der Waals surface area contributed by atoms with Crippen LogP contribution < -0.4 is 0 Å². The Hall–Kier alpha value is -2.04. The lowest BCUT2D eigenvalue weighted by Crippen LogP contribution is -2.66. The minimum atomic E-state index is -0.487. The quantitative estimate of drug-likeness (QED) is 0.765. The van der Waals surface area contributed by atoms with Gasteiger partial charge in [-0.1, -0.05) is 26.7 Å². The highest BCUT2D eigenvalue weighted by Crippen LogP contribution is 2.31. The van der Waals surface area contributed by atoms with Crippen LogP contribution in [-0.4, -0.2) is 40.3 Å². The molecule has 24 heavy (non-hydrogen) atoms. The van der Waals surface area contributed by atoms with Gasteiger partial charge in [0.15, 0.2) is 0 Å². The molecule has 5 heteroatoms. The lowest BCUT2D eigenvalue weighted by atomic mass is 9.98. The van der Waals surface area contributed by atoms with Crippen LogP contribution in [0, 0.1) is 5.41 Å².